The lowest BCUT2D eigenvalue weighted by Gasteiger charge is -2.50. The summed E-state index contributed by atoms with van der Waals surface area (Å²) in [7, 11) is -2.79. The summed E-state index contributed by atoms with van der Waals surface area (Å²) in [5.41, 5.74) is 1.04. The average molecular weight is 888 g/mol. The summed E-state index contributed by atoms with van der Waals surface area (Å²) in [5.74, 6) is 0.843. The summed E-state index contributed by atoms with van der Waals surface area (Å²) in [4.78, 5) is 26.1. The normalized spacial score (nSPS) is 21.8. The van der Waals surface area contributed by atoms with Crippen molar-refractivity contribution in [2.24, 2.45) is 11.8 Å². The number of carbonyl (C=O) groups is 2. The molecule has 1 heterocycles. The van der Waals surface area contributed by atoms with Gasteiger partial charge in [0.1, 0.15) is 18.1 Å². The van der Waals surface area contributed by atoms with Gasteiger partial charge in [-0.2, -0.15) is 0 Å². The lowest BCUT2D eigenvalue weighted by Crippen LogP contribution is -2.59. The first-order valence-electron chi connectivity index (χ1n) is 19.1. The van der Waals surface area contributed by atoms with Gasteiger partial charge in [0.2, 0.25) is 0 Å². The van der Waals surface area contributed by atoms with Gasteiger partial charge in [-0.05, 0) is 82.4 Å². The predicted octanol–water partition coefficient (Wildman–Crippen LogP) is 10.4. The van der Waals surface area contributed by atoms with Crippen molar-refractivity contribution in [3.8, 4) is 5.75 Å². The zero-order chi connectivity index (χ0) is 40.2. The van der Waals surface area contributed by atoms with Crippen molar-refractivity contribution in [1.82, 2.24) is 5.32 Å². The van der Waals surface area contributed by atoms with Crippen molar-refractivity contribution in [2.45, 2.75) is 154 Å². The molecule has 1 aromatic carbocycles. The number of alkyl carbamates (subject to hydrolysis) is 1. The van der Waals surface area contributed by atoms with E-state index in [1.807, 2.05) is 34.4 Å². The molecule has 7 atom stereocenters. The number of ether oxygens (including phenoxy) is 4. The Morgan fingerprint density at radius 3 is 2.09 bits per heavy atom. The topological polar surface area (TPSA) is 102 Å². The van der Waals surface area contributed by atoms with Crippen LogP contribution < -0.4 is 10.1 Å². The zero-order valence-electron chi connectivity index (χ0n) is 34.9. The fraction of sp³-hybridized carbons (Fsp3) is 0.707. The van der Waals surface area contributed by atoms with Gasteiger partial charge in [0.25, 0.3) is 0 Å². The smallest absolute Gasteiger partial charge is 0.407 e. The second-order valence-electron chi connectivity index (χ2n) is 17.7. The third-order valence-electron chi connectivity index (χ3n) is 11.2. The van der Waals surface area contributed by atoms with Crippen LogP contribution in [-0.2, 0) is 34.5 Å². The molecule has 0 saturated carbocycles. The zero-order valence-corrected chi connectivity index (χ0v) is 39.0. The molecule has 1 aliphatic heterocycles. The number of hydrogen-bond acceptors (Lipinski definition) is 8. The molecule has 1 aliphatic rings. The van der Waals surface area contributed by atoms with Crippen molar-refractivity contribution < 1.29 is 37.4 Å². The highest BCUT2D eigenvalue weighted by Gasteiger charge is 2.49. The highest BCUT2D eigenvalue weighted by atomic mass is 127. The van der Waals surface area contributed by atoms with Crippen LogP contribution in [0.3, 0.4) is 0 Å². The van der Waals surface area contributed by atoms with E-state index in [0.29, 0.717) is 38.8 Å². The average Bonchev–Trinajstić information content (AvgIpc) is 3.05. The van der Waals surface area contributed by atoms with E-state index in [4.69, 9.17) is 27.8 Å². The molecule has 1 aromatic rings. The Balaban J connectivity index is 2.31. The van der Waals surface area contributed by atoms with Gasteiger partial charge in [-0.3, -0.25) is 4.79 Å². The molecule has 2 rings (SSSR count). The molecule has 1 amide bonds. The molecule has 1 saturated heterocycles. The molecule has 0 radical (unpaired) electrons. The number of nitrogens with one attached hydrogen (secondary N) is 1. The van der Waals surface area contributed by atoms with Crippen molar-refractivity contribution >= 4 is 51.1 Å². The van der Waals surface area contributed by atoms with Crippen LogP contribution in [0.5, 0.6) is 5.75 Å². The molecular weight excluding hydrogens is 818 g/mol. The second-order valence-corrected chi connectivity index (χ2v) is 27.9. The summed E-state index contributed by atoms with van der Waals surface area (Å²) >= 11 is 2.20. The quantitative estimate of drug-likeness (QED) is 0.0785. The van der Waals surface area contributed by atoms with Gasteiger partial charge in [-0.15, -0.1) is 0 Å². The molecule has 3 unspecified atom stereocenters. The van der Waals surface area contributed by atoms with Gasteiger partial charge in [0.15, 0.2) is 16.6 Å². The number of Topliss-reactive ketones (excluding diaryl/α,β-unsaturated/α-hetero) is 1. The van der Waals surface area contributed by atoms with Crippen LogP contribution in [0.15, 0.2) is 47.1 Å². The van der Waals surface area contributed by atoms with Crippen molar-refractivity contribution in [3.63, 3.8) is 0 Å². The van der Waals surface area contributed by atoms with Crippen molar-refractivity contribution in [3.05, 3.63) is 52.6 Å². The summed E-state index contributed by atoms with van der Waals surface area (Å²) in [6.45, 7) is 31.2. The van der Waals surface area contributed by atoms with Crippen LogP contribution in [0.2, 0.25) is 36.3 Å². The summed E-state index contributed by atoms with van der Waals surface area (Å²) in [6.07, 6.45) is 3.72. The summed E-state index contributed by atoms with van der Waals surface area (Å²) < 4.78 is 40.0. The molecule has 302 valence electrons. The van der Waals surface area contributed by atoms with E-state index in [0.717, 1.165) is 11.3 Å². The molecule has 53 heavy (non-hydrogen) atoms. The van der Waals surface area contributed by atoms with E-state index in [-0.39, 0.29) is 64.8 Å². The fourth-order valence-electron chi connectivity index (χ4n) is 5.93. The van der Waals surface area contributed by atoms with E-state index in [1.165, 1.54) is 0 Å². The highest BCUT2D eigenvalue weighted by Crippen LogP contribution is 2.44. The monoisotopic (exact) mass is 887 g/mol. The van der Waals surface area contributed by atoms with E-state index >= 15 is 0 Å². The Morgan fingerprint density at radius 2 is 1.57 bits per heavy atom. The number of carbonyl (C=O) groups excluding carboxylic acids is 2. The predicted molar refractivity (Wildman–Crippen MR) is 229 cm³/mol. The van der Waals surface area contributed by atoms with E-state index in [1.54, 1.807) is 13.2 Å². The van der Waals surface area contributed by atoms with Gasteiger partial charge in [-0.25, -0.2) is 4.79 Å². The third-order valence-corrected chi connectivity index (χ3v) is 20.6. The number of methoxy groups -OCH3 is 1. The first kappa shape index (κ1) is 47.6. The van der Waals surface area contributed by atoms with E-state index in [2.05, 4.69) is 116 Å². The molecule has 12 heteroatoms. The van der Waals surface area contributed by atoms with Gasteiger partial charge in [-0.1, -0.05) is 103 Å². The van der Waals surface area contributed by atoms with Crippen LogP contribution in [0.25, 0.3) is 0 Å². The third kappa shape index (κ3) is 15.1. The fourth-order valence-corrected chi connectivity index (χ4v) is 9.04. The lowest BCUT2D eigenvalue weighted by atomic mass is 9.85. The number of hydrogen-bond donors (Lipinski definition) is 1. The molecule has 0 bridgehead atoms. The Morgan fingerprint density at radius 1 is 0.981 bits per heavy atom. The van der Waals surface area contributed by atoms with Crippen LogP contribution in [0.4, 0.5) is 4.79 Å². The summed E-state index contributed by atoms with van der Waals surface area (Å²) in [5, 5.41) is 2.84. The molecule has 1 fully saturated rings. The molecule has 0 aromatic heterocycles. The maximum atomic E-state index is 13.8. The standard InChI is InChI=1S/C41H70INO8Si2/c1-15-24-47-39(45)43-23-21-35-36(50-52(11,12)40(4,5)6)27-37(51-53(13,14)41(7,8)9)38(49-35)30(3)26-32(44)25-29(2)34(20-22-42)48-28-31-16-18-33(46-10)19-17-31/h15-20,22,29-30,34-38H,1,21,23-28H2,2-14H3,(H,43,45)/b22-20+/t29?,30?,34?,35-,36-,37+,38+/m1/s1. The maximum Gasteiger partial charge on any atom is 0.407 e. The highest BCUT2D eigenvalue weighted by molar-refractivity contribution is 14.1. The molecule has 0 spiro atoms. The minimum atomic E-state index is -2.24. The molecular formula is C41H70INO8Si2. The van der Waals surface area contributed by atoms with Gasteiger partial charge in [0.05, 0.1) is 44.2 Å². The van der Waals surface area contributed by atoms with Gasteiger partial charge < -0.3 is 33.1 Å². The van der Waals surface area contributed by atoms with Crippen LogP contribution in [0.1, 0.15) is 86.6 Å². The Labute approximate surface area is 337 Å². The number of benzene rings is 1. The number of halogens is 1. The van der Waals surface area contributed by atoms with Crippen molar-refractivity contribution in [1.29, 1.82) is 0 Å². The first-order chi connectivity index (χ1) is 24.5. The minimum Gasteiger partial charge on any atom is -0.497 e. The SMILES string of the molecule is C=CCOC(=O)NCC[C@H]1O[C@@H](C(C)CC(=O)CC(C)C(/C=C/I)OCc2ccc(OC)cc2)[C@@H](O[Si](C)(C)C(C)(C)C)C[C@H]1O[Si](C)(C)C(C)(C)C. The Bertz CT molecular complexity index is 1320. The Kier molecular flexibility index (Phi) is 19.0. The molecule has 0 aliphatic carbocycles. The second kappa shape index (κ2) is 21.1. The molecule has 1 N–H and O–H groups in total. The largest absolute Gasteiger partial charge is 0.497 e. The Hall–Kier alpha value is -1.56. The summed E-state index contributed by atoms with van der Waals surface area (Å²) in [6, 6.07) is 7.83. The van der Waals surface area contributed by atoms with Gasteiger partial charge in [0, 0.05) is 25.8 Å². The van der Waals surface area contributed by atoms with Gasteiger partial charge >= 0.3 is 6.09 Å². The van der Waals surface area contributed by atoms with Crippen molar-refractivity contribution in [2.75, 3.05) is 20.3 Å². The number of rotatable bonds is 20. The van der Waals surface area contributed by atoms with Crippen LogP contribution >= 0.6 is 22.6 Å². The lowest BCUT2D eigenvalue weighted by molar-refractivity contribution is -0.178. The van der Waals surface area contributed by atoms with Crippen LogP contribution in [0, 0.1) is 11.8 Å². The van der Waals surface area contributed by atoms with E-state index in [9.17, 15) is 9.59 Å². The minimum absolute atomic E-state index is 0.00393. The maximum absolute atomic E-state index is 13.8. The van der Waals surface area contributed by atoms with Crippen LogP contribution in [-0.4, -0.2) is 79.3 Å². The van der Waals surface area contributed by atoms with E-state index < -0.39 is 22.7 Å². The number of amides is 1. The molecule has 9 nitrogen and oxygen atoms in total. The first-order valence-corrected chi connectivity index (χ1v) is 26.2. The number of ketones is 1.